The Hall–Kier alpha value is -2.41. The van der Waals surface area contributed by atoms with Gasteiger partial charge in [0.15, 0.2) is 0 Å². The van der Waals surface area contributed by atoms with Gasteiger partial charge in [-0.05, 0) is 19.4 Å². The molecule has 3 atom stereocenters. The van der Waals surface area contributed by atoms with Gasteiger partial charge in [0.05, 0.1) is 6.10 Å². The molecule has 2 rings (SSSR count). The minimum atomic E-state index is -1.14. The maximum atomic E-state index is 12.4. The first-order valence-corrected chi connectivity index (χ1v) is 7.38. The van der Waals surface area contributed by atoms with Crippen LogP contribution in [-0.4, -0.2) is 52.6 Å². The molecule has 7 nitrogen and oxygen atoms in total. The molecule has 0 aromatic heterocycles. The second-order valence-corrected chi connectivity index (χ2v) is 5.54. The molecule has 7 heteroatoms. The van der Waals surface area contributed by atoms with Crippen molar-refractivity contribution in [1.29, 1.82) is 0 Å². The Kier molecular flexibility index (Phi) is 5.33. The van der Waals surface area contributed by atoms with Crippen LogP contribution in [0.1, 0.15) is 19.4 Å². The molecule has 1 aromatic carbocycles. The quantitative estimate of drug-likeness (QED) is 0.818. The van der Waals surface area contributed by atoms with Gasteiger partial charge in [-0.15, -0.1) is 0 Å². The summed E-state index contributed by atoms with van der Waals surface area (Å²) in [6.45, 7) is 3.25. The molecule has 1 aromatic rings. The van der Waals surface area contributed by atoms with E-state index in [2.05, 4.69) is 5.32 Å². The van der Waals surface area contributed by atoms with Gasteiger partial charge in [-0.25, -0.2) is 0 Å². The predicted octanol–water partition coefficient (Wildman–Crippen LogP) is 0.392. The maximum Gasteiger partial charge on any atom is 0.325 e. The Labute approximate surface area is 134 Å². The zero-order valence-electron chi connectivity index (χ0n) is 13.1. The van der Waals surface area contributed by atoms with E-state index in [9.17, 15) is 14.4 Å². The molecule has 23 heavy (non-hydrogen) atoms. The van der Waals surface area contributed by atoms with E-state index < -0.39 is 30.1 Å². The summed E-state index contributed by atoms with van der Waals surface area (Å²) in [5, 5.41) is 11.3. The van der Waals surface area contributed by atoms with E-state index in [1.807, 2.05) is 30.3 Å². The van der Waals surface area contributed by atoms with E-state index in [0.29, 0.717) is 0 Å². The molecule has 1 heterocycles. The fraction of sp³-hybridized carbons (Fsp3) is 0.438. The lowest BCUT2D eigenvalue weighted by Gasteiger charge is -2.38. The molecule has 0 saturated carbocycles. The van der Waals surface area contributed by atoms with Gasteiger partial charge in [0, 0.05) is 6.54 Å². The zero-order chi connectivity index (χ0) is 17.0. The molecule has 2 N–H and O–H groups in total. The molecular weight excluding hydrogens is 300 g/mol. The van der Waals surface area contributed by atoms with Crippen molar-refractivity contribution in [2.24, 2.45) is 0 Å². The van der Waals surface area contributed by atoms with Crippen LogP contribution in [0.4, 0.5) is 0 Å². The Morgan fingerprint density at radius 1 is 1.39 bits per heavy atom. The number of nitrogens with one attached hydrogen (secondary N) is 1. The largest absolute Gasteiger partial charge is 0.480 e. The Balaban J connectivity index is 2.19. The van der Waals surface area contributed by atoms with E-state index in [1.165, 1.54) is 11.8 Å². The molecule has 124 valence electrons. The van der Waals surface area contributed by atoms with Crippen LogP contribution in [0.2, 0.25) is 0 Å². The standard InChI is InChI=1S/C16H20N2O5/c1-10(16(21)22)17-15(20)14-11(2)23-9-13(19)18(14)8-12-6-4-3-5-7-12/h3-7,10-11,14H,8-9H2,1-2H3,(H,17,20)(H,21,22)/t10-,11+,14-/m0/s1. The van der Waals surface area contributed by atoms with E-state index >= 15 is 0 Å². The average Bonchev–Trinajstić information content (AvgIpc) is 2.51. The number of ether oxygens (including phenoxy) is 1. The number of benzene rings is 1. The summed E-state index contributed by atoms with van der Waals surface area (Å²) < 4.78 is 5.33. The van der Waals surface area contributed by atoms with E-state index in [0.717, 1.165) is 5.56 Å². The van der Waals surface area contributed by atoms with E-state index in [4.69, 9.17) is 9.84 Å². The van der Waals surface area contributed by atoms with Crippen LogP contribution in [0.15, 0.2) is 30.3 Å². The number of hydrogen-bond acceptors (Lipinski definition) is 4. The highest BCUT2D eigenvalue weighted by Gasteiger charge is 2.39. The lowest BCUT2D eigenvalue weighted by molar-refractivity contribution is -0.164. The summed E-state index contributed by atoms with van der Waals surface area (Å²) in [6, 6.07) is 7.40. The minimum absolute atomic E-state index is 0.0910. The summed E-state index contributed by atoms with van der Waals surface area (Å²) in [4.78, 5) is 37.0. The van der Waals surface area contributed by atoms with Gasteiger partial charge >= 0.3 is 5.97 Å². The Bertz CT molecular complexity index is 589. The predicted molar refractivity (Wildman–Crippen MR) is 81.4 cm³/mol. The minimum Gasteiger partial charge on any atom is -0.480 e. The maximum absolute atomic E-state index is 12.4. The lowest BCUT2D eigenvalue weighted by Crippen LogP contribution is -2.60. The van der Waals surface area contributed by atoms with Gasteiger partial charge in [0.1, 0.15) is 18.7 Å². The van der Waals surface area contributed by atoms with E-state index in [-0.39, 0.29) is 19.1 Å². The smallest absolute Gasteiger partial charge is 0.325 e. The normalized spacial score (nSPS) is 22.5. The Morgan fingerprint density at radius 3 is 2.65 bits per heavy atom. The molecule has 0 bridgehead atoms. The first-order valence-electron chi connectivity index (χ1n) is 7.38. The summed E-state index contributed by atoms with van der Waals surface area (Å²) in [7, 11) is 0. The number of amides is 2. The van der Waals surface area contributed by atoms with Crippen molar-refractivity contribution in [2.45, 2.75) is 38.6 Å². The SMILES string of the molecule is C[C@H](NC(=O)[C@@H]1[C@@H](C)OCC(=O)N1Cc1ccccc1)C(=O)O. The monoisotopic (exact) mass is 320 g/mol. The molecule has 1 aliphatic rings. The van der Waals surface area contributed by atoms with Gasteiger partial charge in [-0.1, -0.05) is 30.3 Å². The number of carboxylic acid groups (broad SMARTS) is 1. The first-order chi connectivity index (χ1) is 10.9. The fourth-order valence-corrected chi connectivity index (χ4v) is 2.47. The molecule has 1 saturated heterocycles. The van der Waals surface area contributed by atoms with Crippen molar-refractivity contribution in [2.75, 3.05) is 6.61 Å². The third kappa shape index (κ3) is 4.07. The number of nitrogens with zero attached hydrogens (tertiary/aromatic N) is 1. The highest BCUT2D eigenvalue weighted by Crippen LogP contribution is 2.19. The van der Waals surface area contributed by atoms with Gasteiger partial charge in [0.2, 0.25) is 11.8 Å². The molecule has 1 aliphatic heterocycles. The van der Waals surface area contributed by atoms with Gasteiger partial charge in [0.25, 0.3) is 0 Å². The summed E-state index contributed by atoms with van der Waals surface area (Å²) >= 11 is 0. The van der Waals surface area contributed by atoms with Crippen LogP contribution in [0.5, 0.6) is 0 Å². The average molecular weight is 320 g/mol. The molecule has 1 fully saturated rings. The van der Waals surface area contributed by atoms with Crippen molar-refractivity contribution in [3.63, 3.8) is 0 Å². The molecular formula is C16H20N2O5. The first kappa shape index (κ1) is 17.0. The van der Waals surface area contributed by atoms with Crippen molar-refractivity contribution in [3.8, 4) is 0 Å². The van der Waals surface area contributed by atoms with Crippen LogP contribution < -0.4 is 5.32 Å². The summed E-state index contributed by atoms with van der Waals surface area (Å²) in [6.07, 6.45) is -0.516. The number of rotatable bonds is 5. The van der Waals surface area contributed by atoms with Crippen LogP contribution in [0.25, 0.3) is 0 Å². The van der Waals surface area contributed by atoms with Gasteiger partial charge in [-0.2, -0.15) is 0 Å². The topological polar surface area (TPSA) is 95.9 Å². The number of carbonyl (C=O) groups is 3. The van der Waals surface area contributed by atoms with Crippen molar-refractivity contribution in [1.82, 2.24) is 10.2 Å². The summed E-state index contributed by atoms with van der Waals surface area (Å²) in [5.74, 6) is -1.96. The fourth-order valence-electron chi connectivity index (χ4n) is 2.47. The summed E-state index contributed by atoms with van der Waals surface area (Å²) in [5.41, 5.74) is 0.888. The highest BCUT2D eigenvalue weighted by atomic mass is 16.5. The molecule has 0 spiro atoms. The van der Waals surface area contributed by atoms with Gasteiger partial charge < -0.3 is 20.1 Å². The number of aliphatic carboxylic acids is 1. The van der Waals surface area contributed by atoms with Crippen molar-refractivity contribution < 1.29 is 24.2 Å². The third-order valence-corrected chi connectivity index (χ3v) is 3.76. The van der Waals surface area contributed by atoms with Crippen LogP contribution in [0.3, 0.4) is 0 Å². The second-order valence-electron chi connectivity index (χ2n) is 5.54. The number of hydrogen-bond donors (Lipinski definition) is 2. The second kappa shape index (κ2) is 7.23. The highest BCUT2D eigenvalue weighted by molar-refractivity contribution is 5.91. The zero-order valence-corrected chi connectivity index (χ0v) is 13.1. The Morgan fingerprint density at radius 2 is 2.04 bits per heavy atom. The van der Waals surface area contributed by atoms with Crippen LogP contribution >= 0.6 is 0 Å². The van der Waals surface area contributed by atoms with E-state index in [1.54, 1.807) is 6.92 Å². The molecule has 0 aliphatic carbocycles. The van der Waals surface area contributed by atoms with Crippen LogP contribution in [0, 0.1) is 0 Å². The van der Waals surface area contributed by atoms with Crippen molar-refractivity contribution >= 4 is 17.8 Å². The third-order valence-electron chi connectivity index (χ3n) is 3.76. The lowest BCUT2D eigenvalue weighted by atomic mass is 10.1. The van der Waals surface area contributed by atoms with Crippen LogP contribution in [-0.2, 0) is 25.7 Å². The number of morpholine rings is 1. The molecule has 2 amide bonds. The molecule has 0 unspecified atom stereocenters. The van der Waals surface area contributed by atoms with Gasteiger partial charge in [-0.3, -0.25) is 14.4 Å². The number of carbonyl (C=O) groups excluding carboxylic acids is 2. The molecule has 0 radical (unpaired) electrons. The van der Waals surface area contributed by atoms with Crippen molar-refractivity contribution in [3.05, 3.63) is 35.9 Å². The number of carboxylic acids is 1.